The lowest BCUT2D eigenvalue weighted by Gasteiger charge is -2.04. The van der Waals surface area contributed by atoms with Gasteiger partial charge in [0, 0.05) is 10.8 Å². The number of aliphatic imine (C=N–C) groups is 1. The first-order valence-corrected chi connectivity index (χ1v) is 7.69. The average molecular weight is 305 g/mol. The molecule has 104 valence electrons. The van der Waals surface area contributed by atoms with Gasteiger partial charge in [0.15, 0.2) is 5.17 Å². The summed E-state index contributed by atoms with van der Waals surface area (Å²) in [6, 6.07) is 13.9. The zero-order chi connectivity index (χ0) is 14.5. The van der Waals surface area contributed by atoms with Crippen LogP contribution in [0.4, 0.5) is 5.69 Å². The summed E-state index contributed by atoms with van der Waals surface area (Å²) in [5.41, 5.74) is 10.5. The number of benzene rings is 2. The topological polar surface area (TPSA) is 38.4 Å². The molecule has 2 aromatic rings. The van der Waals surface area contributed by atoms with Crippen LogP contribution < -0.4 is 5.73 Å². The lowest BCUT2D eigenvalue weighted by molar-refractivity contribution is 1.32. The second kappa shape index (κ2) is 6.82. The molecule has 2 aromatic carbocycles. The Balaban J connectivity index is 2.00. The van der Waals surface area contributed by atoms with Gasteiger partial charge in [0.05, 0.1) is 5.69 Å². The van der Waals surface area contributed by atoms with Crippen LogP contribution in [0, 0.1) is 13.8 Å². The van der Waals surface area contributed by atoms with Crippen LogP contribution in [0.25, 0.3) is 0 Å². The van der Waals surface area contributed by atoms with Crippen molar-refractivity contribution in [2.75, 3.05) is 0 Å². The Hall–Kier alpha value is -1.45. The predicted molar refractivity (Wildman–Crippen MR) is 89.9 cm³/mol. The molecule has 0 aliphatic heterocycles. The third-order valence-electron chi connectivity index (χ3n) is 3.03. The molecule has 0 unspecified atom stereocenters. The monoisotopic (exact) mass is 304 g/mol. The van der Waals surface area contributed by atoms with Crippen molar-refractivity contribution in [3.8, 4) is 0 Å². The minimum absolute atomic E-state index is 0.572. The molecule has 0 spiro atoms. The highest BCUT2D eigenvalue weighted by Gasteiger charge is 1.99. The van der Waals surface area contributed by atoms with Gasteiger partial charge < -0.3 is 5.73 Å². The summed E-state index contributed by atoms with van der Waals surface area (Å²) < 4.78 is 0. The van der Waals surface area contributed by atoms with E-state index in [9.17, 15) is 0 Å². The van der Waals surface area contributed by atoms with Gasteiger partial charge in [-0.3, -0.25) is 0 Å². The van der Waals surface area contributed by atoms with Crippen molar-refractivity contribution in [2.24, 2.45) is 10.7 Å². The smallest absolute Gasteiger partial charge is 0.159 e. The normalized spacial score (nSPS) is 11.7. The minimum Gasteiger partial charge on any atom is -0.378 e. The summed E-state index contributed by atoms with van der Waals surface area (Å²) in [4.78, 5) is 4.42. The van der Waals surface area contributed by atoms with E-state index in [1.165, 1.54) is 28.5 Å². The highest BCUT2D eigenvalue weighted by Crippen LogP contribution is 2.20. The number of amidine groups is 1. The number of halogens is 1. The third kappa shape index (κ3) is 4.29. The molecule has 0 bridgehead atoms. The summed E-state index contributed by atoms with van der Waals surface area (Å²) in [6.07, 6.45) is 0. The van der Waals surface area contributed by atoms with E-state index >= 15 is 0 Å². The molecule has 0 fully saturated rings. The van der Waals surface area contributed by atoms with Crippen molar-refractivity contribution in [1.82, 2.24) is 0 Å². The van der Waals surface area contributed by atoms with Gasteiger partial charge in [-0.05, 0) is 54.8 Å². The van der Waals surface area contributed by atoms with Gasteiger partial charge in [0.1, 0.15) is 0 Å². The van der Waals surface area contributed by atoms with E-state index in [0.717, 1.165) is 16.5 Å². The van der Waals surface area contributed by atoms with Crippen molar-refractivity contribution in [1.29, 1.82) is 0 Å². The molecule has 0 radical (unpaired) electrons. The number of rotatable bonds is 3. The van der Waals surface area contributed by atoms with Gasteiger partial charge in [-0.25, -0.2) is 4.99 Å². The summed E-state index contributed by atoms with van der Waals surface area (Å²) in [7, 11) is 0. The minimum atomic E-state index is 0.572. The number of nitrogens with zero attached hydrogens (tertiary/aromatic N) is 1. The van der Waals surface area contributed by atoms with Gasteiger partial charge in [-0.1, -0.05) is 41.6 Å². The fourth-order valence-electron chi connectivity index (χ4n) is 1.69. The van der Waals surface area contributed by atoms with E-state index in [4.69, 9.17) is 17.3 Å². The first kappa shape index (κ1) is 14.9. The number of aryl methyl sites for hydroxylation is 2. The van der Waals surface area contributed by atoms with Gasteiger partial charge in [-0.2, -0.15) is 0 Å². The Labute approximate surface area is 129 Å². The fraction of sp³-hybridized carbons (Fsp3) is 0.188. The van der Waals surface area contributed by atoms with Gasteiger partial charge in [0.2, 0.25) is 0 Å². The van der Waals surface area contributed by atoms with Crippen molar-refractivity contribution in [3.63, 3.8) is 0 Å². The van der Waals surface area contributed by atoms with E-state index in [1.54, 1.807) is 0 Å². The highest BCUT2D eigenvalue weighted by atomic mass is 35.5. The van der Waals surface area contributed by atoms with Crippen LogP contribution in [-0.4, -0.2) is 5.17 Å². The number of hydrogen-bond acceptors (Lipinski definition) is 2. The van der Waals surface area contributed by atoms with Crippen LogP contribution in [0.3, 0.4) is 0 Å². The SMILES string of the molecule is Cc1ccc(N=C(N)SCc2ccc(Cl)cc2)cc1C. The summed E-state index contributed by atoms with van der Waals surface area (Å²) >= 11 is 7.38. The Morgan fingerprint density at radius 1 is 1.10 bits per heavy atom. The molecule has 20 heavy (non-hydrogen) atoms. The Kier molecular flexibility index (Phi) is 5.10. The molecule has 0 saturated carbocycles. The predicted octanol–water partition coefficient (Wildman–Crippen LogP) is 4.84. The zero-order valence-electron chi connectivity index (χ0n) is 11.6. The van der Waals surface area contributed by atoms with Crippen LogP contribution >= 0.6 is 23.4 Å². The van der Waals surface area contributed by atoms with E-state index < -0.39 is 0 Å². The molecular formula is C16H17ClN2S. The van der Waals surface area contributed by atoms with Crippen LogP contribution in [-0.2, 0) is 5.75 Å². The van der Waals surface area contributed by atoms with Gasteiger partial charge in [0.25, 0.3) is 0 Å². The molecule has 2 rings (SSSR count). The number of hydrogen-bond donors (Lipinski definition) is 1. The standard InChI is InChI=1S/C16H17ClN2S/c1-11-3-8-15(9-12(11)2)19-16(18)20-10-13-4-6-14(17)7-5-13/h3-9H,10H2,1-2H3,(H2,18,19). The van der Waals surface area contributed by atoms with Crippen LogP contribution in [0.1, 0.15) is 16.7 Å². The molecule has 0 aliphatic carbocycles. The second-order valence-corrected chi connectivity index (χ2v) is 6.07. The molecule has 0 atom stereocenters. The second-order valence-electron chi connectivity index (χ2n) is 4.63. The van der Waals surface area contributed by atoms with Gasteiger partial charge >= 0.3 is 0 Å². The van der Waals surface area contributed by atoms with Crippen LogP contribution in [0.5, 0.6) is 0 Å². The lowest BCUT2D eigenvalue weighted by atomic mass is 10.1. The van der Waals surface area contributed by atoms with E-state index in [0.29, 0.717) is 5.17 Å². The molecule has 4 heteroatoms. The first-order valence-electron chi connectivity index (χ1n) is 6.33. The molecule has 0 aliphatic rings. The van der Waals surface area contributed by atoms with E-state index in [-0.39, 0.29) is 0 Å². The Morgan fingerprint density at radius 3 is 2.45 bits per heavy atom. The Bertz CT molecular complexity index is 621. The number of thioether (sulfide) groups is 1. The molecule has 0 heterocycles. The summed E-state index contributed by atoms with van der Waals surface area (Å²) in [6.45, 7) is 4.16. The van der Waals surface area contributed by atoms with Crippen molar-refractivity contribution in [3.05, 3.63) is 64.2 Å². The maximum absolute atomic E-state index is 5.96. The van der Waals surface area contributed by atoms with Gasteiger partial charge in [-0.15, -0.1) is 0 Å². The zero-order valence-corrected chi connectivity index (χ0v) is 13.1. The first-order chi connectivity index (χ1) is 9.54. The summed E-state index contributed by atoms with van der Waals surface area (Å²) in [5.74, 6) is 0.789. The molecular weight excluding hydrogens is 288 g/mol. The quantitative estimate of drug-likeness (QED) is 0.651. The molecule has 2 N–H and O–H groups in total. The lowest BCUT2D eigenvalue weighted by Crippen LogP contribution is -2.06. The maximum Gasteiger partial charge on any atom is 0.159 e. The van der Waals surface area contributed by atoms with Crippen molar-refractivity contribution >= 4 is 34.2 Å². The van der Waals surface area contributed by atoms with Crippen molar-refractivity contribution in [2.45, 2.75) is 19.6 Å². The average Bonchev–Trinajstić information content (AvgIpc) is 2.42. The number of nitrogens with two attached hydrogens (primary N) is 1. The van der Waals surface area contributed by atoms with Crippen LogP contribution in [0.2, 0.25) is 5.02 Å². The van der Waals surface area contributed by atoms with E-state index in [1.807, 2.05) is 36.4 Å². The highest BCUT2D eigenvalue weighted by molar-refractivity contribution is 8.13. The summed E-state index contributed by atoms with van der Waals surface area (Å²) in [5, 5.41) is 1.32. The fourth-order valence-corrected chi connectivity index (χ4v) is 2.50. The third-order valence-corrected chi connectivity index (χ3v) is 4.15. The molecule has 2 nitrogen and oxygen atoms in total. The maximum atomic E-state index is 5.96. The largest absolute Gasteiger partial charge is 0.378 e. The molecule has 0 saturated heterocycles. The van der Waals surface area contributed by atoms with Crippen LogP contribution in [0.15, 0.2) is 47.5 Å². The molecule has 0 aromatic heterocycles. The molecule has 0 amide bonds. The Morgan fingerprint density at radius 2 is 1.80 bits per heavy atom. The van der Waals surface area contributed by atoms with E-state index in [2.05, 4.69) is 24.9 Å². The van der Waals surface area contributed by atoms with Crippen molar-refractivity contribution < 1.29 is 0 Å².